The number of nitrogens with one attached hydrogen (secondary N) is 3. The number of halogens is 7. The van der Waals surface area contributed by atoms with Crippen molar-refractivity contribution in [3.63, 3.8) is 0 Å². The molecular weight excluding hydrogens is 926 g/mol. The molecule has 59 heavy (non-hydrogen) atoms. The highest BCUT2D eigenvalue weighted by atomic mass is 35.5. The minimum absolute atomic E-state index is 0.0246. The molecule has 2 aliphatic heterocycles. The van der Waals surface area contributed by atoms with Crippen LogP contribution >= 0.6 is 58.3 Å². The van der Waals surface area contributed by atoms with Crippen molar-refractivity contribution < 1.29 is 43.2 Å². The van der Waals surface area contributed by atoms with Gasteiger partial charge in [0.25, 0.3) is 0 Å². The third kappa shape index (κ3) is 16.8. The molecule has 2 aliphatic rings. The van der Waals surface area contributed by atoms with Crippen molar-refractivity contribution in [2.75, 3.05) is 82.7 Å². The van der Waals surface area contributed by atoms with Crippen LogP contribution in [0.1, 0.15) is 32.5 Å². The minimum Gasteiger partial charge on any atom is -0.369 e. The molecule has 0 unspecified atom stereocenters. The summed E-state index contributed by atoms with van der Waals surface area (Å²) >= 11 is 15.3. The fraction of sp³-hybridized carbons (Fsp3) is 0.529. The van der Waals surface area contributed by atoms with E-state index in [0.29, 0.717) is 54.7 Å². The number of aromatic nitrogens is 4. The van der Waals surface area contributed by atoms with Crippen molar-refractivity contribution in [2.24, 2.45) is 0 Å². The van der Waals surface area contributed by atoms with E-state index < -0.39 is 45.1 Å². The molecule has 2 saturated heterocycles. The molecule has 3 N–H and O–H groups in total. The first-order valence-corrected chi connectivity index (χ1v) is 24.9. The van der Waals surface area contributed by atoms with Crippen LogP contribution in [0.5, 0.6) is 0 Å². The Kier molecular flexibility index (Phi) is 17.2. The lowest BCUT2D eigenvalue weighted by Gasteiger charge is -2.29. The number of sulfone groups is 2. The maximum atomic E-state index is 12.6. The molecule has 6 heterocycles. The van der Waals surface area contributed by atoms with Gasteiger partial charge >= 0.3 is 12.4 Å². The summed E-state index contributed by atoms with van der Waals surface area (Å²) in [7, 11) is -6.08. The summed E-state index contributed by atoms with van der Waals surface area (Å²) in [5.74, 6) is 0.806. The number of hydrogen-bond acceptors (Lipinski definition) is 15. The first kappa shape index (κ1) is 48.8. The predicted molar refractivity (Wildman–Crippen MR) is 229 cm³/mol. The number of hydrogen-bond donors (Lipinski definition) is 3. The predicted octanol–water partition coefficient (Wildman–Crippen LogP) is 8.11. The summed E-state index contributed by atoms with van der Waals surface area (Å²) in [6.07, 6.45) is -8.71. The second-order valence-corrected chi connectivity index (χ2v) is 22.6. The van der Waals surface area contributed by atoms with Gasteiger partial charge in [0.05, 0.1) is 46.0 Å². The topological polar surface area (TPSA) is 153 Å². The van der Waals surface area contributed by atoms with E-state index in [1.165, 1.54) is 34.5 Å². The van der Waals surface area contributed by atoms with Crippen molar-refractivity contribution in [3.05, 3.63) is 60.7 Å². The molecule has 0 radical (unpaired) electrons. The van der Waals surface area contributed by atoms with Gasteiger partial charge in [-0.3, -0.25) is 0 Å². The van der Waals surface area contributed by atoms with Gasteiger partial charge in [0.15, 0.2) is 28.0 Å². The van der Waals surface area contributed by atoms with Crippen LogP contribution in [-0.2, 0) is 31.3 Å². The number of alkyl halides is 7. The van der Waals surface area contributed by atoms with E-state index >= 15 is 0 Å². The van der Waals surface area contributed by atoms with Gasteiger partial charge in [-0.15, -0.1) is 34.3 Å². The Balaban J connectivity index is 0.000000225. The van der Waals surface area contributed by atoms with E-state index in [1.54, 1.807) is 39.7 Å². The number of pyridine rings is 2. The van der Waals surface area contributed by atoms with Gasteiger partial charge in [-0.25, -0.2) is 31.8 Å². The zero-order chi connectivity index (χ0) is 43.8. The fourth-order valence-corrected chi connectivity index (χ4v) is 11.1. The molecule has 6 rings (SSSR count). The molecule has 2 fully saturated rings. The molecule has 328 valence electrons. The third-order valence-corrected chi connectivity index (χ3v) is 15.6. The number of anilines is 4. The monoisotopic (exact) mass is 968 g/mol. The molecule has 0 bridgehead atoms. The third-order valence-electron chi connectivity index (χ3n) is 8.64. The summed E-state index contributed by atoms with van der Waals surface area (Å²) in [4.78, 5) is 21.9. The Hall–Kier alpha value is -2.90. The van der Waals surface area contributed by atoms with Crippen LogP contribution in [0.2, 0.25) is 0 Å². The number of thiazole rings is 2. The summed E-state index contributed by atoms with van der Waals surface area (Å²) in [5.41, 5.74) is 4.47. The Bertz CT molecular complexity index is 2250. The highest BCUT2D eigenvalue weighted by Gasteiger charge is 2.29. The molecule has 0 aromatic carbocycles. The van der Waals surface area contributed by atoms with Gasteiger partial charge in [-0.2, -0.15) is 26.3 Å². The van der Waals surface area contributed by atoms with E-state index in [-0.39, 0.29) is 40.5 Å². The van der Waals surface area contributed by atoms with Crippen LogP contribution in [0.4, 0.5) is 49.4 Å². The van der Waals surface area contributed by atoms with Crippen molar-refractivity contribution in [3.8, 4) is 0 Å². The minimum atomic E-state index is -4.36. The lowest BCUT2D eigenvalue weighted by molar-refractivity contribution is -0.116. The Labute approximate surface area is 361 Å². The normalized spacial score (nSPS) is 16.4. The Morgan fingerprint density at radius 2 is 1.20 bits per heavy atom. The number of rotatable bonds is 10. The van der Waals surface area contributed by atoms with Crippen LogP contribution in [-0.4, -0.2) is 111 Å². The maximum absolute atomic E-state index is 12.6. The number of aromatic amines is 1. The van der Waals surface area contributed by atoms with Gasteiger partial charge in [0.1, 0.15) is 24.7 Å². The van der Waals surface area contributed by atoms with Crippen LogP contribution in [0.15, 0.2) is 28.6 Å². The van der Waals surface area contributed by atoms with E-state index in [0.717, 1.165) is 18.9 Å². The van der Waals surface area contributed by atoms with E-state index in [4.69, 9.17) is 23.8 Å². The van der Waals surface area contributed by atoms with Gasteiger partial charge in [0, 0.05) is 70.9 Å². The standard InChI is InChI=1S/C17H21F3N4O2S3.C12H15ClF3N3O2S.C5H7NS2/c1-11-12(2)28-16(22-11)27-9-13-7-14(24-3-5-29(25,26)6-4-24)8-15(23-13)21-10-17(18,19)20;13-7-9-5-10(19-1-3-22(20,21)4-2-19)6-11(18-9)17-8-12(14,15)16;1-3-4(2)8-5(7)6-3/h7-8H,3-6,9-10H2,1-2H3,(H,21,23);5-6H,1-4,7-8H2,(H,17,18);1-2H3,(H,6,7). The largest absolute Gasteiger partial charge is 0.405 e. The number of aryl methyl sites for hydroxylation is 4. The van der Waals surface area contributed by atoms with E-state index in [2.05, 4.69) is 37.5 Å². The molecule has 0 atom stereocenters. The molecule has 12 nitrogen and oxygen atoms in total. The van der Waals surface area contributed by atoms with Crippen LogP contribution in [0.3, 0.4) is 0 Å². The Morgan fingerprint density at radius 1 is 0.746 bits per heavy atom. The summed E-state index contributed by atoms with van der Waals surface area (Å²) in [5, 5.41) is 4.54. The van der Waals surface area contributed by atoms with Crippen molar-refractivity contribution in [1.82, 2.24) is 19.9 Å². The molecule has 4 aromatic rings. The van der Waals surface area contributed by atoms with Crippen molar-refractivity contribution in [1.29, 1.82) is 0 Å². The quantitative estimate of drug-likeness (QED) is 0.0608. The Morgan fingerprint density at radius 3 is 1.56 bits per heavy atom. The summed E-state index contributed by atoms with van der Waals surface area (Å²) in [6.45, 7) is 6.84. The smallest absolute Gasteiger partial charge is 0.369 e. The number of H-pyrrole nitrogens is 1. The zero-order valence-corrected chi connectivity index (χ0v) is 37.9. The number of nitrogens with zero attached hydrogens (tertiary/aromatic N) is 5. The molecule has 0 amide bonds. The highest BCUT2D eigenvalue weighted by molar-refractivity contribution is 8.00. The van der Waals surface area contributed by atoms with Gasteiger partial charge < -0.3 is 25.4 Å². The van der Waals surface area contributed by atoms with Gasteiger partial charge in [-0.1, -0.05) is 11.8 Å². The van der Waals surface area contributed by atoms with Gasteiger partial charge in [0.2, 0.25) is 0 Å². The SMILES string of the molecule is Cc1[nH]c(=S)sc1C.Cc1nc(SCc2cc(N3CCS(=O)(=O)CC3)cc(NCC(F)(F)F)n2)sc1C.O=S1(=O)CCN(c2cc(CCl)nc(NCC(F)(F)F)c2)CC1. The maximum Gasteiger partial charge on any atom is 0.405 e. The first-order chi connectivity index (χ1) is 27.4. The van der Waals surface area contributed by atoms with Crippen molar-refractivity contribution >= 4 is 101 Å². The average Bonchev–Trinajstić information content (AvgIpc) is 3.63. The van der Waals surface area contributed by atoms with Crippen molar-refractivity contribution in [2.45, 2.75) is 56.0 Å². The average molecular weight is 970 g/mol. The summed E-state index contributed by atoms with van der Waals surface area (Å²) < 4.78 is 123. The molecule has 25 heteroatoms. The second kappa shape index (κ2) is 20.8. The van der Waals surface area contributed by atoms with Gasteiger partial charge in [-0.05, 0) is 52.0 Å². The zero-order valence-electron chi connectivity index (χ0n) is 32.3. The van der Waals surface area contributed by atoms with Crippen LogP contribution in [0, 0.1) is 31.6 Å². The molecule has 4 aromatic heterocycles. The lowest BCUT2D eigenvalue weighted by Crippen LogP contribution is -2.40. The molecule has 0 aliphatic carbocycles. The van der Waals surface area contributed by atoms with Crippen LogP contribution < -0.4 is 20.4 Å². The second-order valence-electron chi connectivity index (χ2n) is 13.4. The first-order valence-electron chi connectivity index (χ1n) is 17.7. The highest BCUT2D eigenvalue weighted by Crippen LogP contribution is 2.31. The molecule has 0 saturated carbocycles. The van der Waals surface area contributed by atoms with Crippen LogP contribution in [0.25, 0.3) is 0 Å². The lowest BCUT2D eigenvalue weighted by atomic mass is 10.2. The summed E-state index contributed by atoms with van der Waals surface area (Å²) in [6, 6.07) is 6.47. The fourth-order valence-electron chi connectivity index (χ4n) is 5.28. The number of thioether (sulfide) groups is 1. The molecule has 0 spiro atoms. The van der Waals surface area contributed by atoms with E-state index in [1.807, 2.05) is 25.7 Å². The molecular formula is C34H43ClF6N8O4S6. The van der Waals surface area contributed by atoms with E-state index in [9.17, 15) is 43.2 Å².